The Bertz CT molecular complexity index is 493. The normalized spacial score (nSPS) is 27.4. The molecular formula is C21H38N2O2. The molecule has 0 aromatic heterocycles. The van der Waals surface area contributed by atoms with Crippen molar-refractivity contribution in [2.45, 2.75) is 85.7 Å². The fraction of sp³-hybridized carbons (Fsp3) is 0.905. The second-order valence-electron chi connectivity index (χ2n) is 10.1. The first kappa shape index (κ1) is 20.4. The lowest BCUT2D eigenvalue weighted by Crippen LogP contribution is -2.54. The van der Waals surface area contributed by atoms with Gasteiger partial charge in [-0.05, 0) is 66.5 Å². The van der Waals surface area contributed by atoms with Crippen molar-refractivity contribution in [3.05, 3.63) is 0 Å². The Morgan fingerprint density at radius 3 is 1.92 bits per heavy atom. The zero-order valence-electron chi connectivity index (χ0n) is 17.4. The predicted octanol–water partition coefficient (Wildman–Crippen LogP) is 3.74. The van der Waals surface area contributed by atoms with Gasteiger partial charge in [-0.3, -0.25) is 14.5 Å². The first-order chi connectivity index (χ1) is 11.4. The number of rotatable bonds is 2. The van der Waals surface area contributed by atoms with Gasteiger partial charge >= 0.3 is 0 Å². The lowest BCUT2D eigenvalue weighted by Gasteiger charge is -2.44. The van der Waals surface area contributed by atoms with Crippen molar-refractivity contribution in [2.24, 2.45) is 17.3 Å². The van der Waals surface area contributed by atoms with Gasteiger partial charge in [0.05, 0.1) is 0 Å². The third-order valence-electron chi connectivity index (χ3n) is 6.14. The molecule has 0 spiro atoms. The van der Waals surface area contributed by atoms with Gasteiger partial charge in [-0.25, -0.2) is 0 Å². The molecule has 2 heterocycles. The van der Waals surface area contributed by atoms with Crippen molar-refractivity contribution in [2.75, 3.05) is 19.6 Å². The summed E-state index contributed by atoms with van der Waals surface area (Å²) in [6, 6.07) is 0.0358. The minimum absolute atomic E-state index is 0.00707. The summed E-state index contributed by atoms with van der Waals surface area (Å²) >= 11 is 0. The van der Waals surface area contributed by atoms with E-state index in [1.165, 1.54) is 0 Å². The second-order valence-corrected chi connectivity index (χ2v) is 10.1. The molecule has 0 bridgehead atoms. The Morgan fingerprint density at radius 2 is 1.44 bits per heavy atom. The Morgan fingerprint density at radius 1 is 0.880 bits per heavy atom. The maximum Gasteiger partial charge on any atom is 0.226 e. The van der Waals surface area contributed by atoms with Crippen LogP contribution in [0, 0.1) is 17.3 Å². The van der Waals surface area contributed by atoms with Gasteiger partial charge in [-0.2, -0.15) is 0 Å². The average Bonchev–Trinajstić information content (AvgIpc) is 2.52. The van der Waals surface area contributed by atoms with Gasteiger partial charge in [-0.1, -0.05) is 20.8 Å². The summed E-state index contributed by atoms with van der Waals surface area (Å²) in [6.07, 6.45) is 3.75. The number of ketones is 1. The van der Waals surface area contributed by atoms with Crippen LogP contribution in [0.15, 0.2) is 0 Å². The van der Waals surface area contributed by atoms with Crippen LogP contribution in [0.1, 0.15) is 74.1 Å². The smallest absolute Gasteiger partial charge is 0.226 e. The maximum atomic E-state index is 13.1. The zero-order valence-corrected chi connectivity index (χ0v) is 17.4. The summed E-state index contributed by atoms with van der Waals surface area (Å²) in [5, 5.41) is 0. The highest BCUT2D eigenvalue weighted by Gasteiger charge is 2.41. The first-order valence-corrected chi connectivity index (χ1v) is 10.0. The van der Waals surface area contributed by atoms with Crippen LogP contribution < -0.4 is 0 Å². The van der Waals surface area contributed by atoms with Crippen molar-refractivity contribution in [3.8, 4) is 0 Å². The van der Waals surface area contributed by atoms with Crippen LogP contribution in [-0.4, -0.2) is 52.7 Å². The molecule has 0 aliphatic carbocycles. The third-order valence-corrected chi connectivity index (χ3v) is 6.14. The van der Waals surface area contributed by atoms with Crippen LogP contribution in [0.5, 0.6) is 0 Å². The van der Waals surface area contributed by atoms with E-state index < -0.39 is 0 Å². The summed E-state index contributed by atoms with van der Waals surface area (Å²) < 4.78 is 0. The van der Waals surface area contributed by atoms with Crippen LogP contribution >= 0.6 is 0 Å². The van der Waals surface area contributed by atoms with E-state index in [1.54, 1.807) is 0 Å². The molecule has 25 heavy (non-hydrogen) atoms. The fourth-order valence-corrected chi connectivity index (χ4v) is 4.39. The number of carbonyl (C=O) groups is 2. The Balaban J connectivity index is 2.01. The van der Waals surface area contributed by atoms with Crippen molar-refractivity contribution in [3.63, 3.8) is 0 Å². The zero-order chi connectivity index (χ0) is 19.0. The number of hydrogen-bond acceptors (Lipinski definition) is 3. The molecular weight excluding hydrogens is 312 g/mol. The highest BCUT2D eigenvalue weighted by atomic mass is 16.2. The SMILES string of the molecule is CC1C(C(=O)C(C)(C)C)CCCN1C(=O)C1CCN(C(C)(C)C)CC1. The van der Waals surface area contributed by atoms with Crippen LogP contribution in [-0.2, 0) is 9.59 Å². The molecule has 1 amide bonds. The number of likely N-dealkylation sites (tertiary alicyclic amines) is 2. The number of hydrogen-bond donors (Lipinski definition) is 0. The molecule has 2 rings (SSSR count). The molecule has 4 heteroatoms. The van der Waals surface area contributed by atoms with Crippen LogP contribution in [0.3, 0.4) is 0 Å². The Labute approximate surface area is 154 Å². The van der Waals surface area contributed by atoms with Gasteiger partial charge in [0.15, 0.2) is 0 Å². The molecule has 0 N–H and O–H groups in total. The van der Waals surface area contributed by atoms with E-state index in [0.29, 0.717) is 5.78 Å². The number of piperidine rings is 2. The van der Waals surface area contributed by atoms with E-state index in [-0.39, 0.29) is 34.7 Å². The molecule has 2 aliphatic heterocycles. The lowest BCUT2D eigenvalue weighted by molar-refractivity contribution is -0.146. The van der Waals surface area contributed by atoms with E-state index >= 15 is 0 Å². The van der Waals surface area contributed by atoms with Gasteiger partial charge in [-0.15, -0.1) is 0 Å². The summed E-state index contributed by atoms with van der Waals surface area (Å²) in [6.45, 7) is 17.6. The van der Waals surface area contributed by atoms with Gasteiger partial charge in [0.25, 0.3) is 0 Å². The number of amides is 1. The molecule has 2 unspecified atom stereocenters. The fourth-order valence-electron chi connectivity index (χ4n) is 4.39. The third kappa shape index (κ3) is 4.64. The lowest BCUT2D eigenvalue weighted by atomic mass is 9.76. The van der Waals surface area contributed by atoms with Crippen molar-refractivity contribution in [1.82, 2.24) is 9.80 Å². The maximum absolute atomic E-state index is 13.1. The van der Waals surface area contributed by atoms with Crippen molar-refractivity contribution < 1.29 is 9.59 Å². The highest BCUT2D eigenvalue weighted by molar-refractivity contribution is 5.88. The molecule has 0 radical (unpaired) electrons. The Hall–Kier alpha value is -0.900. The van der Waals surface area contributed by atoms with Gasteiger partial charge < -0.3 is 4.90 Å². The van der Waals surface area contributed by atoms with E-state index in [1.807, 2.05) is 25.7 Å². The second kappa shape index (κ2) is 7.38. The quantitative estimate of drug-likeness (QED) is 0.762. The molecule has 2 aliphatic rings. The van der Waals surface area contributed by atoms with Crippen LogP contribution in [0.25, 0.3) is 0 Å². The summed E-state index contributed by atoms with van der Waals surface area (Å²) in [4.78, 5) is 30.4. The predicted molar refractivity (Wildman–Crippen MR) is 102 cm³/mol. The minimum Gasteiger partial charge on any atom is -0.339 e. The largest absolute Gasteiger partial charge is 0.339 e. The molecule has 0 aromatic rings. The molecule has 4 nitrogen and oxygen atoms in total. The summed E-state index contributed by atoms with van der Waals surface area (Å²) in [5.74, 6) is 0.712. The average molecular weight is 351 g/mol. The van der Waals surface area contributed by atoms with E-state index in [4.69, 9.17) is 0 Å². The molecule has 2 saturated heterocycles. The molecule has 0 saturated carbocycles. The first-order valence-electron chi connectivity index (χ1n) is 10.0. The minimum atomic E-state index is -0.330. The van der Waals surface area contributed by atoms with Gasteiger partial charge in [0.2, 0.25) is 5.91 Å². The monoisotopic (exact) mass is 350 g/mol. The van der Waals surface area contributed by atoms with E-state index in [0.717, 1.165) is 45.3 Å². The molecule has 144 valence electrons. The topological polar surface area (TPSA) is 40.6 Å². The summed E-state index contributed by atoms with van der Waals surface area (Å²) in [5.41, 5.74) is -0.153. The Kier molecular flexibility index (Phi) is 6.03. The molecule has 0 aromatic carbocycles. The molecule has 2 atom stereocenters. The van der Waals surface area contributed by atoms with Crippen molar-refractivity contribution in [1.29, 1.82) is 0 Å². The number of nitrogens with zero attached hydrogens (tertiary/aromatic N) is 2. The van der Waals surface area contributed by atoms with Gasteiger partial charge in [0, 0.05) is 35.4 Å². The summed E-state index contributed by atoms with van der Waals surface area (Å²) in [7, 11) is 0. The van der Waals surface area contributed by atoms with Gasteiger partial charge in [0.1, 0.15) is 5.78 Å². The number of carbonyl (C=O) groups excluding carboxylic acids is 2. The number of Topliss-reactive ketones (excluding diaryl/α,β-unsaturated/α-hetero) is 1. The van der Waals surface area contributed by atoms with Crippen LogP contribution in [0.4, 0.5) is 0 Å². The van der Waals surface area contributed by atoms with E-state index in [9.17, 15) is 9.59 Å². The van der Waals surface area contributed by atoms with E-state index in [2.05, 4.69) is 32.6 Å². The van der Waals surface area contributed by atoms with Crippen molar-refractivity contribution >= 4 is 11.7 Å². The van der Waals surface area contributed by atoms with Crippen LogP contribution in [0.2, 0.25) is 0 Å². The molecule has 2 fully saturated rings. The highest BCUT2D eigenvalue weighted by Crippen LogP contribution is 2.33. The standard InChI is InChI=1S/C21H38N2O2/c1-15-17(18(24)20(2,3)4)9-8-12-23(15)19(25)16-10-13-22(14-11-16)21(5,6)7/h15-17H,8-14H2,1-7H3.